The van der Waals surface area contributed by atoms with E-state index < -0.39 is 0 Å². The molecule has 4 nitrogen and oxygen atoms in total. The van der Waals surface area contributed by atoms with Crippen molar-refractivity contribution in [2.75, 3.05) is 11.5 Å². The van der Waals surface area contributed by atoms with Crippen LogP contribution < -0.4 is 5.73 Å². The molecule has 2 N–H and O–H groups in total. The fourth-order valence-corrected chi connectivity index (χ4v) is 2.87. The first-order valence-corrected chi connectivity index (χ1v) is 6.57. The lowest BCUT2D eigenvalue weighted by molar-refractivity contribution is 0.363. The number of aromatic nitrogens is 2. The predicted molar refractivity (Wildman–Crippen MR) is 61.0 cm³/mol. The molecule has 2 atom stereocenters. The van der Waals surface area contributed by atoms with Gasteiger partial charge in [-0.25, -0.2) is 0 Å². The summed E-state index contributed by atoms with van der Waals surface area (Å²) in [6.07, 6.45) is 3.11. The summed E-state index contributed by atoms with van der Waals surface area (Å²) in [5.41, 5.74) is 5.68. The van der Waals surface area contributed by atoms with Gasteiger partial charge in [-0.05, 0) is 25.5 Å². The van der Waals surface area contributed by atoms with Crippen LogP contribution >= 0.6 is 11.8 Å². The number of thioether (sulfide) groups is 1. The van der Waals surface area contributed by atoms with Crippen LogP contribution in [0.25, 0.3) is 0 Å². The van der Waals surface area contributed by atoms with E-state index in [0.29, 0.717) is 18.2 Å². The molecule has 1 aromatic heterocycles. The van der Waals surface area contributed by atoms with E-state index in [1.807, 2.05) is 18.7 Å². The van der Waals surface area contributed by atoms with E-state index >= 15 is 0 Å². The fraction of sp³-hybridized carbons (Fsp3) is 0.800. The molecule has 15 heavy (non-hydrogen) atoms. The van der Waals surface area contributed by atoms with Crippen molar-refractivity contribution in [3.8, 4) is 0 Å². The molecule has 84 valence electrons. The first-order valence-electron chi connectivity index (χ1n) is 5.41. The highest BCUT2D eigenvalue weighted by Gasteiger charge is 2.21. The zero-order chi connectivity index (χ0) is 10.7. The third-order valence-electron chi connectivity index (χ3n) is 2.51. The van der Waals surface area contributed by atoms with Crippen molar-refractivity contribution in [1.29, 1.82) is 0 Å². The molecule has 5 heteroatoms. The molecule has 2 heterocycles. The number of nitrogens with two attached hydrogens (primary N) is 1. The molecular weight excluding hydrogens is 210 g/mol. The molecule has 0 amide bonds. The third-order valence-corrected chi connectivity index (χ3v) is 3.72. The maximum Gasteiger partial charge on any atom is 0.228 e. The van der Waals surface area contributed by atoms with E-state index in [2.05, 4.69) is 10.1 Å². The van der Waals surface area contributed by atoms with Gasteiger partial charge in [-0.3, -0.25) is 0 Å². The van der Waals surface area contributed by atoms with Crippen LogP contribution in [0.3, 0.4) is 0 Å². The maximum atomic E-state index is 5.68. The van der Waals surface area contributed by atoms with Gasteiger partial charge < -0.3 is 10.3 Å². The third kappa shape index (κ3) is 2.95. The molecule has 0 aliphatic carbocycles. The Labute approximate surface area is 94.0 Å². The van der Waals surface area contributed by atoms with Crippen molar-refractivity contribution < 1.29 is 4.52 Å². The summed E-state index contributed by atoms with van der Waals surface area (Å²) in [7, 11) is 0. The van der Waals surface area contributed by atoms with Gasteiger partial charge in [0.05, 0.1) is 0 Å². The number of rotatable bonds is 3. The Morgan fingerprint density at radius 3 is 3.20 bits per heavy atom. The van der Waals surface area contributed by atoms with E-state index in [9.17, 15) is 0 Å². The molecule has 1 fully saturated rings. The van der Waals surface area contributed by atoms with Crippen molar-refractivity contribution in [2.45, 2.75) is 38.1 Å². The molecule has 2 rings (SSSR count). The standard InChI is InChI=1S/C10H17N3OS/c1-7(11)5-9-12-10(13-14-9)8-3-2-4-15-6-8/h7-8H,2-6,11H2,1H3. The van der Waals surface area contributed by atoms with Crippen LogP contribution in [0.2, 0.25) is 0 Å². The Bertz CT molecular complexity index is 307. The molecule has 0 spiro atoms. The van der Waals surface area contributed by atoms with Crippen LogP contribution in [-0.4, -0.2) is 27.7 Å². The van der Waals surface area contributed by atoms with Crippen molar-refractivity contribution in [3.05, 3.63) is 11.7 Å². The normalized spacial score (nSPS) is 24.0. The predicted octanol–water partition coefficient (Wildman–Crippen LogP) is 1.57. The van der Waals surface area contributed by atoms with Crippen LogP contribution in [-0.2, 0) is 6.42 Å². The topological polar surface area (TPSA) is 64.9 Å². The summed E-state index contributed by atoms with van der Waals surface area (Å²) < 4.78 is 5.18. The van der Waals surface area contributed by atoms with E-state index in [1.165, 1.54) is 18.6 Å². The van der Waals surface area contributed by atoms with Crippen molar-refractivity contribution in [1.82, 2.24) is 10.1 Å². The van der Waals surface area contributed by atoms with Gasteiger partial charge in [0.2, 0.25) is 5.89 Å². The minimum absolute atomic E-state index is 0.0824. The lowest BCUT2D eigenvalue weighted by Crippen LogP contribution is -2.18. The lowest BCUT2D eigenvalue weighted by Gasteiger charge is -2.17. The zero-order valence-corrected chi connectivity index (χ0v) is 9.80. The van der Waals surface area contributed by atoms with Gasteiger partial charge in [0.1, 0.15) is 0 Å². The first kappa shape index (κ1) is 11.0. The fourth-order valence-electron chi connectivity index (χ4n) is 1.74. The number of nitrogens with zero attached hydrogens (tertiary/aromatic N) is 2. The molecule has 0 aromatic carbocycles. The number of hydrogen-bond donors (Lipinski definition) is 1. The zero-order valence-electron chi connectivity index (χ0n) is 8.98. The minimum atomic E-state index is 0.0824. The summed E-state index contributed by atoms with van der Waals surface area (Å²) in [6, 6.07) is 0.0824. The molecule has 1 aromatic rings. The van der Waals surface area contributed by atoms with Crippen LogP contribution in [0.15, 0.2) is 4.52 Å². The monoisotopic (exact) mass is 227 g/mol. The highest BCUT2D eigenvalue weighted by molar-refractivity contribution is 7.99. The van der Waals surface area contributed by atoms with Crippen molar-refractivity contribution in [3.63, 3.8) is 0 Å². The largest absolute Gasteiger partial charge is 0.339 e. The van der Waals surface area contributed by atoms with E-state index in [0.717, 1.165) is 11.6 Å². The molecular formula is C10H17N3OS. The summed E-state index contributed by atoms with van der Waals surface area (Å²) in [4.78, 5) is 4.40. The molecule has 1 saturated heterocycles. The first-order chi connectivity index (χ1) is 7.25. The van der Waals surface area contributed by atoms with Crippen LogP contribution in [0.4, 0.5) is 0 Å². The highest BCUT2D eigenvalue weighted by Crippen LogP contribution is 2.29. The summed E-state index contributed by atoms with van der Waals surface area (Å²) >= 11 is 1.97. The summed E-state index contributed by atoms with van der Waals surface area (Å²) in [5, 5.41) is 4.04. The van der Waals surface area contributed by atoms with Crippen molar-refractivity contribution >= 4 is 11.8 Å². The molecule has 2 unspecified atom stereocenters. The second-order valence-electron chi connectivity index (χ2n) is 4.14. The Kier molecular flexibility index (Phi) is 3.64. The van der Waals surface area contributed by atoms with E-state index in [4.69, 9.17) is 10.3 Å². The SMILES string of the molecule is CC(N)Cc1nc(C2CCCSC2)no1. The van der Waals surface area contributed by atoms with Gasteiger partial charge in [-0.2, -0.15) is 16.7 Å². The van der Waals surface area contributed by atoms with Gasteiger partial charge in [0, 0.05) is 24.1 Å². The summed E-state index contributed by atoms with van der Waals surface area (Å²) in [6.45, 7) is 1.94. The average molecular weight is 227 g/mol. The minimum Gasteiger partial charge on any atom is -0.339 e. The highest BCUT2D eigenvalue weighted by atomic mass is 32.2. The molecule has 0 bridgehead atoms. The Morgan fingerprint density at radius 2 is 2.53 bits per heavy atom. The van der Waals surface area contributed by atoms with Gasteiger partial charge in [0.25, 0.3) is 0 Å². The van der Waals surface area contributed by atoms with Crippen LogP contribution in [0.1, 0.15) is 37.4 Å². The van der Waals surface area contributed by atoms with Gasteiger partial charge in [0.15, 0.2) is 5.82 Å². The van der Waals surface area contributed by atoms with Gasteiger partial charge >= 0.3 is 0 Å². The molecule has 0 saturated carbocycles. The quantitative estimate of drug-likeness (QED) is 0.849. The molecule has 1 aliphatic heterocycles. The van der Waals surface area contributed by atoms with E-state index in [1.54, 1.807) is 0 Å². The maximum absolute atomic E-state index is 5.68. The average Bonchev–Trinajstić information content (AvgIpc) is 2.67. The smallest absolute Gasteiger partial charge is 0.228 e. The second-order valence-corrected chi connectivity index (χ2v) is 5.29. The van der Waals surface area contributed by atoms with Gasteiger partial charge in [-0.1, -0.05) is 5.16 Å². The Morgan fingerprint density at radius 1 is 1.67 bits per heavy atom. The molecule has 0 radical (unpaired) electrons. The van der Waals surface area contributed by atoms with Gasteiger partial charge in [-0.15, -0.1) is 0 Å². The van der Waals surface area contributed by atoms with Crippen molar-refractivity contribution in [2.24, 2.45) is 5.73 Å². The second kappa shape index (κ2) is 4.99. The molecule has 1 aliphatic rings. The Balaban J connectivity index is 1.99. The Hall–Kier alpha value is -0.550. The van der Waals surface area contributed by atoms with E-state index in [-0.39, 0.29) is 6.04 Å². The lowest BCUT2D eigenvalue weighted by atomic mass is 10.1. The summed E-state index contributed by atoms with van der Waals surface area (Å²) in [5.74, 6) is 4.42. The number of hydrogen-bond acceptors (Lipinski definition) is 5. The van der Waals surface area contributed by atoms with Crippen LogP contribution in [0.5, 0.6) is 0 Å². The van der Waals surface area contributed by atoms with Crippen LogP contribution in [0, 0.1) is 0 Å².